The third-order valence-electron chi connectivity index (χ3n) is 2.83. The number of carbonyl (C=O) groups excluding carboxylic acids is 1. The molecule has 18 heavy (non-hydrogen) atoms. The molecule has 0 fully saturated rings. The Labute approximate surface area is 113 Å². The molecule has 0 saturated carbocycles. The number of rotatable bonds is 7. The molecular weight excluding hydrogens is 246 g/mol. The SMILES string of the molecule is CCN(CC)CCSc1cc(N)ccc1C(N)=O. The normalized spacial score (nSPS) is 10.8. The largest absolute Gasteiger partial charge is 0.399 e. The monoisotopic (exact) mass is 267 g/mol. The number of nitrogen functional groups attached to an aromatic ring is 1. The lowest BCUT2D eigenvalue weighted by molar-refractivity contribution is 0.0997. The Morgan fingerprint density at radius 2 is 2.00 bits per heavy atom. The molecule has 1 amide bonds. The van der Waals surface area contributed by atoms with Crippen molar-refractivity contribution in [3.05, 3.63) is 23.8 Å². The predicted molar refractivity (Wildman–Crippen MR) is 77.9 cm³/mol. The Hall–Kier alpha value is -1.20. The minimum atomic E-state index is -0.402. The summed E-state index contributed by atoms with van der Waals surface area (Å²) >= 11 is 1.63. The zero-order chi connectivity index (χ0) is 13.5. The van der Waals surface area contributed by atoms with Gasteiger partial charge in [-0.05, 0) is 31.3 Å². The molecule has 0 bridgehead atoms. The first-order chi connectivity index (χ1) is 8.58. The maximum atomic E-state index is 11.3. The number of hydrogen-bond acceptors (Lipinski definition) is 4. The summed E-state index contributed by atoms with van der Waals surface area (Å²) in [5.41, 5.74) is 12.3. The number of anilines is 1. The van der Waals surface area contributed by atoms with Crippen LogP contribution >= 0.6 is 11.8 Å². The summed E-state index contributed by atoms with van der Waals surface area (Å²) in [6, 6.07) is 5.21. The molecule has 0 aliphatic rings. The van der Waals surface area contributed by atoms with Crippen molar-refractivity contribution >= 4 is 23.4 Å². The van der Waals surface area contributed by atoms with E-state index in [-0.39, 0.29) is 0 Å². The second-order valence-electron chi connectivity index (χ2n) is 4.00. The summed E-state index contributed by atoms with van der Waals surface area (Å²) in [5, 5.41) is 0. The average molecular weight is 267 g/mol. The lowest BCUT2D eigenvalue weighted by Crippen LogP contribution is -2.25. The topological polar surface area (TPSA) is 72.3 Å². The smallest absolute Gasteiger partial charge is 0.249 e. The number of hydrogen-bond donors (Lipinski definition) is 2. The highest BCUT2D eigenvalue weighted by Gasteiger charge is 2.09. The summed E-state index contributed by atoms with van der Waals surface area (Å²) in [7, 11) is 0. The van der Waals surface area contributed by atoms with Crippen molar-refractivity contribution in [3.63, 3.8) is 0 Å². The summed E-state index contributed by atoms with van der Waals surface area (Å²) < 4.78 is 0. The average Bonchev–Trinajstić information content (AvgIpc) is 2.34. The number of thioether (sulfide) groups is 1. The molecule has 5 heteroatoms. The molecule has 0 aromatic heterocycles. The van der Waals surface area contributed by atoms with Crippen molar-refractivity contribution in [2.24, 2.45) is 5.73 Å². The molecule has 0 aliphatic heterocycles. The van der Waals surface area contributed by atoms with Gasteiger partial charge in [0.2, 0.25) is 5.91 Å². The van der Waals surface area contributed by atoms with E-state index in [0.29, 0.717) is 11.3 Å². The Morgan fingerprint density at radius 3 is 2.56 bits per heavy atom. The van der Waals surface area contributed by atoms with Gasteiger partial charge in [0.15, 0.2) is 0 Å². The predicted octanol–water partition coefficient (Wildman–Crippen LogP) is 1.80. The van der Waals surface area contributed by atoms with E-state index < -0.39 is 5.91 Å². The quantitative estimate of drug-likeness (QED) is 0.583. The Kier molecular flexibility index (Phi) is 6.01. The van der Waals surface area contributed by atoms with Gasteiger partial charge in [-0.15, -0.1) is 11.8 Å². The molecule has 0 atom stereocenters. The molecule has 0 heterocycles. The van der Waals surface area contributed by atoms with Crippen molar-refractivity contribution < 1.29 is 4.79 Å². The highest BCUT2D eigenvalue weighted by Crippen LogP contribution is 2.25. The van der Waals surface area contributed by atoms with E-state index in [0.717, 1.165) is 30.3 Å². The number of amides is 1. The number of nitrogens with two attached hydrogens (primary N) is 2. The van der Waals surface area contributed by atoms with E-state index in [1.54, 1.807) is 23.9 Å². The third kappa shape index (κ3) is 4.23. The third-order valence-corrected chi connectivity index (χ3v) is 3.87. The zero-order valence-corrected chi connectivity index (χ0v) is 11.8. The van der Waals surface area contributed by atoms with Crippen LogP contribution in [-0.4, -0.2) is 36.2 Å². The van der Waals surface area contributed by atoms with Crippen LogP contribution in [0.1, 0.15) is 24.2 Å². The molecule has 4 N–H and O–H groups in total. The van der Waals surface area contributed by atoms with Crippen LogP contribution < -0.4 is 11.5 Å². The summed E-state index contributed by atoms with van der Waals surface area (Å²) in [4.78, 5) is 14.5. The van der Waals surface area contributed by atoms with Crippen molar-refractivity contribution in [1.29, 1.82) is 0 Å². The number of carbonyl (C=O) groups is 1. The van der Waals surface area contributed by atoms with Crippen molar-refractivity contribution in [2.45, 2.75) is 18.7 Å². The van der Waals surface area contributed by atoms with Gasteiger partial charge in [-0.1, -0.05) is 13.8 Å². The first-order valence-corrected chi connectivity index (χ1v) is 7.11. The van der Waals surface area contributed by atoms with Crippen LogP contribution in [0.25, 0.3) is 0 Å². The lowest BCUT2D eigenvalue weighted by atomic mass is 10.2. The Balaban J connectivity index is 2.66. The van der Waals surface area contributed by atoms with Crippen LogP contribution in [0.3, 0.4) is 0 Å². The van der Waals surface area contributed by atoms with Gasteiger partial charge in [0.05, 0.1) is 5.56 Å². The minimum Gasteiger partial charge on any atom is -0.399 e. The minimum absolute atomic E-state index is 0.402. The van der Waals surface area contributed by atoms with E-state index >= 15 is 0 Å². The maximum Gasteiger partial charge on any atom is 0.249 e. The molecule has 0 radical (unpaired) electrons. The van der Waals surface area contributed by atoms with E-state index in [4.69, 9.17) is 11.5 Å². The van der Waals surface area contributed by atoms with Crippen molar-refractivity contribution in [3.8, 4) is 0 Å². The Morgan fingerprint density at radius 1 is 1.33 bits per heavy atom. The lowest BCUT2D eigenvalue weighted by Gasteiger charge is -2.17. The number of nitrogens with zero attached hydrogens (tertiary/aromatic N) is 1. The van der Waals surface area contributed by atoms with E-state index in [2.05, 4.69) is 18.7 Å². The van der Waals surface area contributed by atoms with Crippen LogP contribution in [0.15, 0.2) is 23.1 Å². The summed E-state index contributed by atoms with van der Waals surface area (Å²) in [5.74, 6) is 0.520. The van der Waals surface area contributed by atoms with Crippen LogP contribution in [0, 0.1) is 0 Å². The second kappa shape index (κ2) is 7.28. The maximum absolute atomic E-state index is 11.3. The van der Waals surface area contributed by atoms with Crippen LogP contribution in [-0.2, 0) is 0 Å². The van der Waals surface area contributed by atoms with E-state index in [9.17, 15) is 4.79 Å². The molecule has 0 aliphatic carbocycles. The molecule has 0 spiro atoms. The van der Waals surface area contributed by atoms with Gasteiger partial charge in [0.25, 0.3) is 0 Å². The fourth-order valence-corrected chi connectivity index (χ4v) is 2.80. The second-order valence-corrected chi connectivity index (χ2v) is 5.13. The van der Waals surface area contributed by atoms with Crippen LogP contribution in [0.4, 0.5) is 5.69 Å². The van der Waals surface area contributed by atoms with Gasteiger partial charge in [-0.2, -0.15) is 0 Å². The molecule has 1 aromatic rings. The van der Waals surface area contributed by atoms with Crippen LogP contribution in [0.5, 0.6) is 0 Å². The first kappa shape index (κ1) is 14.9. The number of benzene rings is 1. The molecule has 0 saturated heterocycles. The van der Waals surface area contributed by atoms with Crippen molar-refractivity contribution in [1.82, 2.24) is 4.90 Å². The highest BCUT2D eigenvalue weighted by atomic mass is 32.2. The van der Waals surface area contributed by atoms with Crippen LogP contribution in [0.2, 0.25) is 0 Å². The fourth-order valence-electron chi connectivity index (χ4n) is 1.69. The van der Waals surface area contributed by atoms with E-state index in [1.165, 1.54) is 0 Å². The molecule has 4 nitrogen and oxygen atoms in total. The van der Waals surface area contributed by atoms with Gasteiger partial charge in [0, 0.05) is 22.9 Å². The molecule has 0 unspecified atom stereocenters. The molecule has 100 valence electrons. The summed E-state index contributed by atoms with van der Waals surface area (Å²) in [6.07, 6.45) is 0. The first-order valence-electron chi connectivity index (χ1n) is 6.13. The highest BCUT2D eigenvalue weighted by molar-refractivity contribution is 7.99. The molecule has 1 aromatic carbocycles. The van der Waals surface area contributed by atoms with Gasteiger partial charge >= 0.3 is 0 Å². The standard InChI is InChI=1S/C13H21N3OS/c1-3-16(4-2)7-8-18-12-9-10(14)5-6-11(12)13(15)17/h5-6,9H,3-4,7-8,14H2,1-2H3,(H2,15,17). The van der Waals surface area contributed by atoms with E-state index in [1.807, 2.05) is 6.07 Å². The number of primary amides is 1. The Bertz CT molecular complexity index is 405. The van der Waals surface area contributed by atoms with Gasteiger partial charge in [0.1, 0.15) is 0 Å². The zero-order valence-electron chi connectivity index (χ0n) is 11.0. The van der Waals surface area contributed by atoms with Gasteiger partial charge in [-0.25, -0.2) is 0 Å². The van der Waals surface area contributed by atoms with Gasteiger partial charge in [-0.3, -0.25) is 4.79 Å². The molecule has 1 rings (SSSR count). The van der Waals surface area contributed by atoms with Crippen molar-refractivity contribution in [2.75, 3.05) is 31.1 Å². The summed E-state index contributed by atoms with van der Waals surface area (Å²) in [6.45, 7) is 7.35. The van der Waals surface area contributed by atoms with Gasteiger partial charge < -0.3 is 16.4 Å². The fraction of sp³-hybridized carbons (Fsp3) is 0.462. The molecular formula is C13H21N3OS.